The third-order valence-electron chi connectivity index (χ3n) is 2.88. The highest BCUT2D eigenvalue weighted by atomic mass is 32.2. The molecule has 0 spiro atoms. The van der Waals surface area contributed by atoms with Gasteiger partial charge in [-0.15, -0.1) is 0 Å². The number of hydrogen-bond donors (Lipinski definition) is 2. The van der Waals surface area contributed by atoms with Crippen molar-refractivity contribution in [3.8, 4) is 0 Å². The van der Waals surface area contributed by atoms with E-state index in [4.69, 9.17) is 5.73 Å². The fourth-order valence-electron chi connectivity index (χ4n) is 1.81. The van der Waals surface area contributed by atoms with Crippen LogP contribution in [0.4, 0.5) is 11.4 Å². The molecular formula is C12H19N3O4S. The van der Waals surface area contributed by atoms with Crippen LogP contribution in [0.5, 0.6) is 0 Å². The van der Waals surface area contributed by atoms with Crippen molar-refractivity contribution in [1.29, 1.82) is 0 Å². The number of nitrogens with zero attached hydrogens (tertiary/aromatic N) is 1. The maximum Gasteiger partial charge on any atom is 0.293 e. The Morgan fingerprint density at radius 2 is 2.00 bits per heavy atom. The lowest BCUT2D eigenvalue weighted by Crippen LogP contribution is -2.25. The maximum absolute atomic E-state index is 12.1. The first-order chi connectivity index (χ1) is 9.29. The van der Waals surface area contributed by atoms with E-state index < -0.39 is 20.6 Å². The summed E-state index contributed by atoms with van der Waals surface area (Å²) in [6, 6.07) is 2.31. The van der Waals surface area contributed by atoms with Crippen molar-refractivity contribution < 1.29 is 13.3 Å². The lowest BCUT2D eigenvalue weighted by Gasteiger charge is -2.10. The first kappa shape index (κ1) is 16.4. The molecule has 0 aliphatic rings. The van der Waals surface area contributed by atoms with Gasteiger partial charge < -0.3 is 5.73 Å². The molecule has 1 rings (SSSR count). The van der Waals surface area contributed by atoms with Crippen LogP contribution in [0.3, 0.4) is 0 Å². The van der Waals surface area contributed by atoms with Crippen LogP contribution in [0.2, 0.25) is 0 Å². The van der Waals surface area contributed by atoms with Crippen molar-refractivity contribution in [3.05, 3.63) is 27.8 Å². The predicted octanol–water partition coefficient (Wildman–Crippen LogP) is 1.95. The molecule has 0 aliphatic carbocycles. The Morgan fingerprint density at radius 3 is 2.55 bits per heavy atom. The van der Waals surface area contributed by atoms with Gasteiger partial charge >= 0.3 is 0 Å². The van der Waals surface area contributed by atoms with Crippen LogP contribution in [-0.4, -0.2) is 19.9 Å². The molecule has 0 heterocycles. The SMILES string of the molecule is CCCCCNS(=O)(=O)c1cc([N+](=O)[O-])c(N)cc1C. The van der Waals surface area contributed by atoms with E-state index in [2.05, 4.69) is 4.72 Å². The van der Waals surface area contributed by atoms with Crippen molar-refractivity contribution in [2.24, 2.45) is 0 Å². The van der Waals surface area contributed by atoms with E-state index in [1.807, 2.05) is 6.92 Å². The number of sulfonamides is 1. The molecule has 0 atom stereocenters. The third-order valence-corrected chi connectivity index (χ3v) is 4.49. The van der Waals surface area contributed by atoms with Gasteiger partial charge in [0.05, 0.1) is 9.82 Å². The molecule has 0 aromatic heterocycles. The van der Waals surface area contributed by atoms with Gasteiger partial charge in [0.25, 0.3) is 5.69 Å². The van der Waals surface area contributed by atoms with E-state index in [9.17, 15) is 18.5 Å². The lowest BCUT2D eigenvalue weighted by atomic mass is 10.2. The molecule has 0 saturated carbocycles. The number of anilines is 1. The third kappa shape index (κ3) is 3.91. The van der Waals surface area contributed by atoms with E-state index >= 15 is 0 Å². The fourth-order valence-corrected chi connectivity index (χ4v) is 3.12. The minimum atomic E-state index is -3.75. The average Bonchev–Trinajstić information content (AvgIpc) is 2.33. The van der Waals surface area contributed by atoms with Crippen LogP contribution >= 0.6 is 0 Å². The number of hydrogen-bond acceptors (Lipinski definition) is 5. The van der Waals surface area contributed by atoms with E-state index in [1.165, 1.54) is 6.07 Å². The second-order valence-electron chi connectivity index (χ2n) is 4.54. The van der Waals surface area contributed by atoms with Gasteiger partial charge in [0.2, 0.25) is 10.0 Å². The lowest BCUT2D eigenvalue weighted by molar-refractivity contribution is -0.384. The largest absolute Gasteiger partial charge is 0.393 e. The zero-order chi connectivity index (χ0) is 15.3. The summed E-state index contributed by atoms with van der Waals surface area (Å²) in [6.07, 6.45) is 2.63. The summed E-state index contributed by atoms with van der Waals surface area (Å²) in [7, 11) is -3.75. The minimum absolute atomic E-state index is 0.0440. The standard InChI is InChI=1S/C12H19N3O4S/c1-3-4-5-6-14-20(18,19)12-8-11(15(16)17)10(13)7-9(12)2/h7-8,14H,3-6,13H2,1-2H3. The van der Waals surface area contributed by atoms with Gasteiger partial charge in [-0.1, -0.05) is 19.8 Å². The Morgan fingerprint density at radius 1 is 1.35 bits per heavy atom. The Kier molecular flexibility index (Phi) is 5.46. The minimum Gasteiger partial charge on any atom is -0.393 e. The van der Waals surface area contributed by atoms with E-state index in [-0.39, 0.29) is 10.6 Å². The van der Waals surface area contributed by atoms with Crippen LogP contribution in [-0.2, 0) is 10.0 Å². The molecule has 0 bridgehead atoms. The summed E-state index contributed by atoms with van der Waals surface area (Å²) >= 11 is 0. The molecule has 0 unspecified atom stereocenters. The highest BCUT2D eigenvalue weighted by Gasteiger charge is 2.22. The van der Waals surface area contributed by atoms with Crippen molar-refractivity contribution in [3.63, 3.8) is 0 Å². The van der Waals surface area contributed by atoms with Crippen LogP contribution in [0.1, 0.15) is 31.7 Å². The Hall–Kier alpha value is -1.67. The number of aryl methyl sites for hydroxylation is 1. The summed E-state index contributed by atoms with van der Waals surface area (Å²) in [5, 5.41) is 10.8. The monoisotopic (exact) mass is 301 g/mol. The maximum atomic E-state index is 12.1. The summed E-state index contributed by atoms with van der Waals surface area (Å²) in [6.45, 7) is 3.89. The number of nitrogen functional groups attached to an aromatic ring is 1. The van der Waals surface area contributed by atoms with Gasteiger partial charge in [0.1, 0.15) is 5.69 Å². The quantitative estimate of drug-likeness (QED) is 0.345. The number of benzene rings is 1. The molecule has 3 N–H and O–H groups in total. The number of nitro benzene ring substituents is 1. The predicted molar refractivity (Wildman–Crippen MR) is 77.0 cm³/mol. The summed E-state index contributed by atoms with van der Waals surface area (Å²) in [5.41, 5.74) is 5.46. The van der Waals surface area contributed by atoms with E-state index in [0.717, 1.165) is 25.3 Å². The molecule has 1 aromatic carbocycles. The smallest absolute Gasteiger partial charge is 0.293 e. The summed E-state index contributed by atoms with van der Waals surface area (Å²) in [4.78, 5) is 10.0. The molecule has 0 amide bonds. The molecule has 0 saturated heterocycles. The van der Waals surface area contributed by atoms with Gasteiger partial charge in [-0.05, 0) is 25.0 Å². The molecule has 0 radical (unpaired) electrons. The highest BCUT2D eigenvalue weighted by Crippen LogP contribution is 2.28. The number of nitrogens with two attached hydrogens (primary N) is 1. The van der Waals surface area contributed by atoms with Crippen LogP contribution < -0.4 is 10.5 Å². The van der Waals surface area contributed by atoms with Gasteiger partial charge in [0, 0.05) is 12.6 Å². The van der Waals surface area contributed by atoms with Crippen molar-refractivity contribution >= 4 is 21.4 Å². The van der Waals surface area contributed by atoms with Gasteiger partial charge in [-0.25, -0.2) is 13.1 Å². The van der Waals surface area contributed by atoms with Crippen molar-refractivity contribution in [2.75, 3.05) is 12.3 Å². The number of nitrogens with one attached hydrogen (secondary N) is 1. The van der Waals surface area contributed by atoms with E-state index in [0.29, 0.717) is 12.1 Å². The number of nitro groups is 1. The van der Waals surface area contributed by atoms with Gasteiger partial charge in [-0.3, -0.25) is 10.1 Å². The molecule has 112 valence electrons. The van der Waals surface area contributed by atoms with Crippen LogP contribution in [0.25, 0.3) is 0 Å². The topological polar surface area (TPSA) is 115 Å². The normalized spacial score (nSPS) is 11.5. The second kappa shape index (κ2) is 6.67. The molecule has 0 aliphatic heterocycles. The van der Waals surface area contributed by atoms with Crippen LogP contribution in [0, 0.1) is 17.0 Å². The van der Waals surface area contributed by atoms with E-state index in [1.54, 1.807) is 6.92 Å². The number of unbranched alkanes of at least 4 members (excludes halogenated alkanes) is 2. The zero-order valence-corrected chi connectivity index (χ0v) is 12.4. The van der Waals surface area contributed by atoms with Gasteiger partial charge in [-0.2, -0.15) is 0 Å². The number of rotatable bonds is 7. The fraction of sp³-hybridized carbons (Fsp3) is 0.500. The molecule has 20 heavy (non-hydrogen) atoms. The Labute approximate surface area is 118 Å². The first-order valence-corrected chi connectivity index (χ1v) is 7.82. The van der Waals surface area contributed by atoms with Gasteiger partial charge in [0.15, 0.2) is 0 Å². The first-order valence-electron chi connectivity index (χ1n) is 6.33. The molecule has 7 nitrogen and oxygen atoms in total. The summed E-state index contributed by atoms with van der Waals surface area (Å²) < 4.78 is 26.7. The Balaban J connectivity index is 3.05. The molecule has 8 heteroatoms. The van der Waals surface area contributed by atoms with Crippen molar-refractivity contribution in [1.82, 2.24) is 4.72 Å². The molecule has 1 aromatic rings. The zero-order valence-electron chi connectivity index (χ0n) is 11.5. The summed E-state index contributed by atoms with van der Waals surface area (Å²) in [5.74, 6) is 0. The molecule has 0 fully saturated rings. The highest BCUT2D eigenvalue weighted by molar-refractivity contribution is 7.89. The average molecular weight is 301 g/mol. The van der Waals surface area contributed by atoms with Crippen LogP contribution in [0.15, 0.2) is 17.0 Å². The van der Waals surface area contributed by atoms with Crippen molar-refractivity contribution in [2.45, 2.75) is 38.0 Å². The second-order valence-corrected chi connectivity index (χ2v) is 6.27. The Bertz CT molecular complexity index is 599. The molecular weight excluding hydrogens is 282 g/mol.